The molecular formula is C24H27F6N3O2. The molecule has 1 aliphatic rings. The predicted molar refractivity (Wildman–Crippen MR) is 118 cm³/mol. The minimum Gasteiger partial charge on any atom is -0.372 e. The summed E-state index contributed by atoms with van der Waals surface area (Å²) in [6.45, 7) is 1.83. The second-order valence-electron chi connectivity index (χ2n) is 8.58. The van der Waals surface area contributed by atoms with Crippen molar-refractivity contribution >= 4 is 6.03 Å². The molecule has 11 heteroatoms. The number of piperidine rings is 1. The number of hydrogen-bond donors (Lipinski definition) is 3. The van der Waals surface area contributed by atoms with Crippen molar-refractivity contribution in [1.29, 1.82) is 0 Å². The van der Waals surface area contributed by atoms with E-state index in [2.05, 4.69) is 16.0 Å². The van der Waals surface area contributed by atoms with Crippen LogP contribution in [0.25, 0.3) is 0 Å². The second-order valence-corrected chi connectivity index (χ2v) is 8.58. The Hall–Kier alpha value is -2.79. The summed E-state index contributed by atoms with van der Waals surface area (Å²) in [6, 6.07) is 10.3. The quantitative estimate of drug-likeness (QED) is 0.464. The molecule has 1 heterocycles. The van der Waals surface area contributed by atoms with Gasteiger partial charge in [0.05, 0.1) is 29.4 Å². The van der Waals surface area contributed by atoms with E-state index in [4.69, 9.17) is 4.74 Å². The normalized spacial score (nSPS) is 21.9. The number of amides is 2. The molecule has 3 atom stereocenters. The van der Waals surface area contributed by atoms with E-state index >= 15 is 0 Å². The van der Waals surface area contributed by atoms with Gasteiger partial charge in [-0.25, -0.2) is 4.79 Å². The maximum atomic E-state index is 13.3. The summed E-state index contributed by atoms with van der Waals surface area (Å²) >= 11 is 0. The lowest BCUT2D eigenvalue weighted by atomic mass is 9.81. The van der Waals surface area contributed by atoms with Gasteiger partial charge in [-0.1, -0.05) is 30.3 Å². The Kier molecular flexibility index (Phi) is 8.00. The van der Waals surface area contributed by atoms with Gasteiger partial charge in [-0.15, -0.1) is 0 Å². The summed E-state index contributed by atoms with van der Waals surface area (Å²) in [5.74, 6) is 0. The number of ether oxygens (including phenoxy) is 1. The molecule has 3 N–H and O–H groups in total. The maximum absolute atomic E-state index is 13.3. The molecular weight excluding hydrogens is 476 g/mol. The average Bonchev–Trinajstić information content (AvgIpc) is 2.82. The van der Waals surface area contributed by atoms with Crippen LogP contribution in [0.5, 0.6) is 0 Å². The first kappa shape index (κ1) is 26.8. The molecule has 1 fully saturated rings. The fourth-order valence-corrected chi connectivity index (χ4v) is 4.10. The monoisotopic (exact) mass is 503 g/mol. The van der Waals surface area contributed by atoms with Crippen LogP contribution < -0.4 is 16.0 Å². The van der Waals surface area contributed by atoms with Crippen LogP contribution in [0.15, 0.2) is 48.5 Å². The Bertz CT molecular complexity index is 970. The van der Waals surface area contributed by atoms with Crippen LogP contribution in [0.3, 0.4) is 0 Å². The Morgan fingerprint density at radius 1 is 1.09 bits per heavy atom. The third kappa shape index (κ3) is 6.66. The second kappa shape index (κ2) is 10.4. The predicted octanol–water partition coefficient (Wildman–Crippen LogP) is 5.38. The van der Waals surface area contributed by atoms with Gasteiger partial charge in [0.2, 0.25) is 0 Å². The molecule has 0 saturated carbocycles. The van der Waals surface area contributed by atoms with E-state index in [0.29, 0.717) is 31.5 Å². The molecule has 3 rings (SSSR count). The molecule has 1 aliphatic heterocycles. The summed E-state index contributed by atoms with van der Waals surface area (Å²) in [6.07, 6.45) is -9.79. The summed E-state index contributed by atoms with van der Waals surface area (Å²) in [4.78, 5) is 11.6. The Balaban J connectivity index is 1.83. The molecule has 2 aromatic carbocycles. The van der Waals surface area contributed by atoms with Crippen LogP contribution in [0.1, 0.15) is 48.1 Å². The van der Waals surface area contributed by atoms with Gasteiger partial charge >= 0.3 is 18.4 Å². The third-order valence-electron chi connectivity index (χ3n) is 6.15. The summed E-state index contributed by atoms with van der Waals surface area (Å²) < 4.78 is 85.5. The minimum absolute atomic E-state index is 0.00245. The van der Waals surface area contributed by atoms with E-state index in [-0.39, 0.29) is 30.3 Å². The maximum Gasteiger partial charge on any atom is 0.416 e. The van der Waals surface area contributed by atoms with Crippen molar-refractivity contribution in [3.8, 4) is 0 Å². The Labute approximate surface area is 199 Å². The molecule has 2 aromatic rings. The fraction of sp³-hybridized carbons (Fsp3) is 0.458. The number of hydrogen-bond acceptors (Lipinski definition) is 3. The smallest absolute Gasteiger partial charge is 0.372 e. The van der Waals surface area contributed by atoms with Crippen molar-refractivity contribution in [1.82, 2.24) is 16.0 Å². The first-order valence-electron chi connectivity index (χ1n) is 11.0. The van der Waals surface area contributed by atoms with Gasteiger partial charge < -0.3 is 20.7 Å². The highest BCUT2D eigenvalue weighted by Crippen LogP contribution is 2.39. The molecule has 0 bridgehead atoms. The van der Waals surface area contributed by atoms with Gasteiger partial charge in [0.1, 0.15) is 0 Å². The molecule has 0 aromatic heterocycles. The number of rotatable bonds is 6. The van der Waals surface area contributed by atoms with Crippen LogP contribution in [0.2, 0.25) is 0 Å². The van der Waals surface area contributed by atoms with E-state index in [9.17, 15) is 31.1 Å². The van der Waals surface area contributed by atoms with Crippen LogP contribution in [0, 0.1) is 0 Å². The van der Waals surface area contributed by atoms with Gasteiger partial charge in [0.15, 0.2) is 0 Å². The lowest BCUT2D eigenvalue weighted by Gasteiger charge is -2.42. The van der Waals surface area contributed by atoms with Gasteiger partial charge in [0.25, 0.3) is 0 Å². The number of urea groups is 1. The highest BCUT2D eigenvalue weighted by atomic mass is 19.4. The molecule has 5 nitrogen and oxygen atoms in total. The van der Waals surface area contributed by atoms with E-state index in [1.165, 1.54) is 14.0 Å². The summed E-state index contributed by atoms with van der Waals surface area (Å²) in [5, 5.41) is 8.69. The van der Waals surface area contributed by atoms with Gasteiger partial charge in [0, 0.05) is 19.6 Å². The van der Waals surface area contributed by atoms with Crippen molar-refractivity contribution in [2.75, 3.05) is 20.2 Å². The highest BCUT2D eigenvalue weighted by Gasteiger charge is 2.39. The van der Waals surface area contributed by atoms with Crippen LogP contribution >= 0.6 is 0 Å². The van der Waals surface area contributed by atoms with Gasteiger partial charge in [-0.3, -0.25) is 0 Å². The largest absolute Gasteiger partial charge is 0.416 e. The number of alkyl halides is 6. The molecule has 2 amide bonds. The summed E-state index contributed by atoms with van der Waals surface area (Å²) in [7, 11) is 1.51. The van der Waals surface area contributed by atoms with Crippen molar-refractivity contribution in [2.24, 2.45) is 0 Å². The Morgan fingerprint density at radius 2 is 1.69 bits per heavy atom. The minimum atomic E-state index is -4.93. The van der Waals surface area contributed by atoms with Gasteiger partial charge in [-0.05, 0) is 49.1 Å². The number of carbonyl (C=O) groups excluding carboxylic acids is 1. The lowest BCUT2D eigenvalue weighted by Crippen LogP contribution is -2.58. The number of carbonyl (C=O) groups is 1. The van der Waals surface area contributed by atoms with Crippen LogP contribution in [0.4, 0.5) is 31.1 Å². The first-order valence-corrected chi connectivity index (χ1v) is 11.0. The molecule has 192 valence electrons. The van der Waals surface area contributed by atoms with Crippen LogP contribution in [-0.2, 0) is 22.6 Å². The topological polar surface area (TPSA) is 62.4 Å². The van der Waals surface area contributed by atoms with E-state index in [1.807, 2.05) is 30.3 Å². The number of benzene rings is 2. The van der Waals surface area contributed by atoms with Crippen molar-refractivity contribution in [3.63, 3.8) is 0 Å². The first-order chi connectivity index (χ1) is 16.3. The van der Waals surface area contributed by atoms with Crippen molar-refractivity contribution < 1.29 is 35.9 Å². The number of nitrogens with one attached hydrogen (secondary N) is 3. The highest BCUT2D eigenvalue weighted by molar-refractivity contribution is 5.73. The molecule has 2 unspecified atom stereocenters. The zero-order valence-electron chi connectivity index (χ0n) is 19.2. The number of halogens is 6. The SMILES string of the molecule is CNC(=O)N[C@H]1CCC(COC(C)c2cc(C(F)(F)F)cc(C(F)(F)F)c2)(c2ccccc2)NC1. The van der Waals surface area contributed by atoms with E-state index in [1.54, 1.807) is 0 Å². The zero-order valence-corrected chi connectivity index (χ0v) is 19.2. The van der Waals surface area contributed by atoms with Crippen molar-refractivity contribution in [2.45, 2.75) is 49.8 Å². The van der Waals surface area contributed by atoms with E-state index in [0.717, 1.165) is 5.56 Å². The molecule has 1 saturated heterocycles. The van der Waals surface area contributed by atoms with E-state index < -0.39 is 35.1 Å². The molecule has 0 radical (unpaired) electrons. The molecule has 35 heavy (non-hydrogen) atoms. The summed E-state index contributed by atoms with van der Waals surface area (Å²) in [5.41, 5.74) is -2.84. The van der Waals surface area contributed by atoms with Crippen molar-refractivity contribution in [3.05, 3.63) is 70.8 Å². The van der Waals surface area contributed by atoms with Gasteiger partial charge in [-0.2, -0.15) is 26.3 Å². The third-order valence-corrected chi connectivity index (χ3v) is 6.15. The molecule has 0 spiro atoms. The lowest BCUT2D eigenvalue weighted by molar-refractivity contribution is -0.143. The zero-order chi connectivity index (χ0) is 25.9. The standard InChI is InChI=1S/C24H27F6N3O2/c1-15(16-10-18(23(25,26)27)12-19(11-16)24(28,29)30)35-14-22(17-6-4-3-5-7-17)9-8-20(13-32-22)33-21(34)31-2/h3-7,10-12,15,20,32H,8-9,13-14H2,1-2H3,(H2,31,33,34)/t15?,20-,22?/m0/s1. The van der Waals surface area contributed by atoms with Crippen LogP contribution in [-0.4, -0.2) is 32.3 Å². The fourth-order valence-electron chi connectivity index (χ4n) is 4.10. The molecule has 0 aliphatic carbocycles. The average molecular weight is 503 g/mol. The Morgan fingerprint density at radius 3 is 2.17 bits per heavy atom.